The molecule has 2 heterocycles. The van der Waals surface area contributed by atoms with Gasteiger partial charge in [-0.15, -0.1) is 0 Å². The van der Waals surface area contributed by atoms with Crippen molar-refractivity contribution in [3.8, 4) is 0 Å². The zero-order valence-electron chi connectivity index (χ0n) is 9.45. The molecule has 0 amide bonds. The Morgan fingerprint density at radius 1 is 1.31 bits per heavy atom. The molecule has 0 spiro atoms. The van der Waals surface area contributed by atoms with Crippen molar-refractivity contribution < 1.29 is 9.15 Å². The second-order valence-corrected chi connectivity index (χ2v) is 4.66. The van der Waals surface area contributed by atoms with Crippen LogP contribution in [0.5, 0.6) is 0 Å². The molecular formula is C12H18N2O2. The minimum atomic E-state index is 0.0765. The third-order valence-electron chi connectivity index (χ3n) is 3.50. The first-order valence-electron chi connectivity index (χ1n) is 6.21. The summed E-state index contributed by atoms with van der Waals surface area (Å²) in [7, 11) is 0. The summed E-state index contributed by atoms with van der Waals surface area (Å²) in [5.74, 6) is 1.46. The van der Waals surface area contributed by atoms with Gasteiger partial charge in [0.2, 0.25) is 0 Å². The molecule has 0 aromatic carbocycles. The van der Waals surface area contributed by atoms with E-state index in [4.69, 9.17) is 9.15 Å². The average Bonchev–Trinajstić information content (AvgIpc) is 3.01. The molecule has 0 bridgehead atoms. The highest BCUT2D eigenvalue weighted by Crippen LogP contribution is 2.34. The van der Waals surface area contributed by atoms with Crippen LogP contribution in [-0.4, -0.2) is 24.7 Å². The normalized spacial score (nSPS) is 27.4. The third-order valence-corrected chi connectivity index (χ3v) is 3.50. The fraction of sp³-hybridized carbons (Fsp3) is 0.750. The predicted octanol–water partition coefficient (Wildman–Crippen LogP) is 1.99. The molecule has 1 N–H and O–H groups in total. The Kier molecular flexibility index (Phi) is 2.93. The Labute approximate surface area is 95.4 Å². The van der Waals surface area contributed by atoms with Crippen molar-refractivity contribution in [2.24, 2.45) is 0 Å². The quantitative estimate of drug-likeness (QED) is 0.831. The van der Waals surface area contributed by atoms with Gasteiger partial charge in [-0.1, -0.05) is 12.8 Å². The number of nitrogens with zero attached hydrogens (tertiary/aromatic N) is 1. The summed E-state index contributed by atoms with van der Waals surface area (Å²) >= 11 is 0. The summed E-state index contributed by atoms with van der Waals surface area (Å²) in [6.07, 6.45) is 6.92. The minimum Gasteiger partial charge on any atom is -0.448 e. The molecule has 1 aromatic rings. The van der Waals surface area contributed by atoms with Gasteiger partial charge in [0, 0.05) is 19.0 Å². The van der Waals surface area contributed by atoms with E-state index in [0.29, 0.717) is 5.92 Å². The largest absolute Gasteiger partial charge is 0.448 e. The number of hydrogen-bond acceptors (Lipinski definition) is 4. The van der Waals surface area contributed by atoms with Crippen molar-refractivity contribution in [3.05, 3.63) is 17.8 Å². The van der Waals surface area contributed by atoms with Crippen LogP contribution in [0.2, 0.25) is 0 Å². The Morgan fingerprint density at radius 2 is 2.19 bits per heavy atom. The smallest absolute Gasteiger partial charge is 0.197 e. The van der Waals surface area contributed by atoms with E-state index < -0.39 is 0 Å². The first-order valence-corrected chi connectivity index (χ1v) is 6.21. The second kappa shape index (κ2) is 4.55. The van der Waals surface area contributed by atoms with Crippen LogP contribution in [-0.2, 0) is 4.74 Å². The van der Waals surface area contributed by atoms with Gasteiger partial charge in [0.05, 0.1) is 6.61 Å². The fourth-order valence-electron chi connectivity index (χ4n) is 2.56. The van der Waals surface area contributed by atoms with Crippen LogP contribution in [0.3, 0.4) is 0 Å². The SMILES string of the molecule is c1oc(C2CCCC2)nc1C1CNCCO1. The molecule has 4 heteroatoms. The first-order chi connectivity index (χ1) is 7.93. The number of nitrogens with one attached hydrogen (secondary N) is 1. The van der Waals surface area contributed by atoms with Gasteiger partial charge in [-0.2, -0.15) is 0 Å². The molecule has 1 saturated heterocycles. The molecule has 16 heavy (non-hydrogen) atoms. The van der Waals surface area contributed by atoms with Crippen molar-refractivity contribution in [2.45, 2.75) is 37.7 Å². The third kappa shape index (κ3) is 1.99. The van der Waals surface area contributed by atoms with E-state index in [1.807, 2.05) is 0 Å². The average molecular weight is 222 g/mol. The standard InChI is InChI=1S/C12H18N2O2/c1-2-4-9(3-1)12-14-10(8-16-12)11-7-13-5-6-15-11/h8-9,11,13H,1-7H2. The number of hydrogen-bond donors (Lipinski definition) is 1. The van der Waals surface area contributed by atoms with Crippen LogP contribution >= 0.6 is 0 Å². The number of oxazole rings is 1. The molecule has 0 radical (unpaired) electrons. The highest BCUT2D eigenvalue weighted by atomic mass is 16.5. The lowest BCUT2D eigenvalue weighted by atomic mass is 10.1. The second-order valence-electron chi connectivity index (χ2n) is 4.66. The summed E-state index contributed by atoms with van der Waals surface area (Å²) in [4.78, 5) is 4.58. The maximum absolute atomic E-state index is 5.65. The maximum atomic E-state index is 5.65. The molecule has 1 aliphatic heterocycles. The number of ether oxygens (including phenoxy) is 1. The van der Waals surface area contributed by atoms with Crippen molar-refractivity contribution in [2.75, 3.05) is 19.7 Å². The first kappa shape index (κ1) is 10.3. The molecule has 3 rings (SSSR count). The van der Waals surface area contributed by atoms with E-state index in [0.717, 1.165) is 31.3 Å². The maximum Gasteiger partial charge on any atom is 0.197 e. The number of morpholine rings is 1. The van der Waals surface area contributed by atoms with Crippen LogP contribution in [0.15, 0.2) is 10.7 Å². The molecule has 4 nitrogen and oxygen atoms in total. The lowest BCUT2D eigenvalue weighted by Gasteiger charge is -2.21. The summed E-state index contributed by atoms with van der Waals surface area (Å²) in [6, 6.07) is 0. The van der Waals surface area contributed by atoms with Crippen molar-refractivity contribution in [1.29, 1.82) is 0 Å². The zero-order valence-corrected chi connectivity index (χ0v) is 9.45. The van der Waals surface area contributed by atoms with Crippen molar-refractivity contribution >= 4 is 0 Å². The minimum absolute atomic E-state index is 0.0765. The van der Waals surface area contributed by atoms with Crippen molar-refractivity contribution in [1.82, 2.24) is 10.3 Å². The molecular weight excluding hydrogens is 204 g/mol. The Hall–Kier alpha value is -0.870. The van der Waals surface area contributed by atoms with Gasteiger partial charge >= 0.3 is 0 Å². The molecule has 2 aliphatic rings. The van der Waals surface area contributed by atoms with Gasteiger partial charge in [0.15, 0.2) is 5.89 Å². The van der Waals surface area contributed by atoms with Gasteiger partial charge in [-0.25, -0.2) is 4.98 Å². The Morgan fingerprint density at radius 3 is 2.94 bits per heavy atom. The zero-order chi connectivity index (χ0) is 10.8. The van der Waals surface area contributed by atoms with Gasteiger partial charge in [-0.05, 0) is 12.8 Å². The monoisotopic (exact) mass is 222 g/mol. The van der Waals surface area contributed by atoms with E-state index in [2.05, 4.69) is 10.3 Å². The molecule has 88 valence electrons. The van der Waals surface area contributed by atoms with E-state index in [9.17, 15) is 0 Å². The lowest BCUT2D eigenvalue weighted by Crippen LogP contribution is -2.33. The highest BCUT2D eigenvalue weighted by Gasteiger charge is 2.25. The van der Waals surface area contributed by atoms with Crippen LogP contribution in [0.4, 0.5) is 0 Å². The Balaban J connectivity index is 1.71. The molecule has 1 aromatic heterocycles. The van der Waals surface area contributed by atoms with Gasteiger partial charge < -0.3 is 14.5 Å². The number of rotatable bonds is 2. The van der Waals surface area contributed by atoms with Gasteiger partial charge in [0.1, 0.15) is 18.1 Å². The topological polar surface area (TPSA) is 47.3 Å². The van der Waals surface area contributed by atoms with Crippen LogP contribution in [0, 0.1) is 0 Å². The van der Waals surface area contributed by atoms with Crippen LogP contribution in [0.1, 0.15) is 49.3 Å². The molecule has 1 atom stereocenters. The predicted molar refractivity (Wildman–Crippen MR) is 59.3 cm³/mol. The summed E-state index contributed by atoms with van der Waals surface area (Å²) in [5.41, 5.74) is 0.953. The van der Waals surface area contributed by atoms with Gasteiger partial charge in [0.25, 0.3) is 0 Å². The van der Waals surface area contributed by atoms with Crippen LogP contribution in [0.25, 0.3) is 0 Å². The molecule has 1 aliphatic carbocycles. The lowest BCUT2D eigenvalue weighted by molar-refractivity contribution is 0.0249. The Bertz CT molecular complexity index is 339. The van der Waals surface area contributed by atoms with E-state index >= 15 is 0 Å². The van der Waals surface area contributed by atoms with Crippen molar-refractivity contribution in [3.63, 3.8) is 0 Å². The highest BCUT2D eigenvalue weighted by molar-refractivity contribution is 5.06. The van der Waals surface area contributed by atoms with E-state index in [1.165, 1.54) is 25.7 Å². The summed E-state index contributed by atoms with van der Waals surface area (Å²) in [5, 5.41) is 3.31. The summed E-state index contributed by atoms with van der Waals surface area (Å²) in [6.45, 7) is 2.54. The van der Waals surface area contributed by atoms with Crippen LogP contribution < -0.4 is 5.32 Å². The molecule has 2 fully saturated rings. The van der Waals surface area contributed by atoms with E-state index in [1.54, 1.807) is 6.26 Å². The molecule has 1 unspecified atom stereocenters. The van der Waals surface area contributed by atoms with Gasteiger partial charge in [-0.3, -0.25) is 0 Å². The molecule has 1 saturated carbocycles. The number of aromatic nitrogens is 1. The van der Waals surface area contributed by atoms with E-state index in [-0.39, 0.29) is 6.10 Å². The fourth-order valence-corrected chi connectivity index (χ4v) is 2.56. The summed E-state index contributed by atoms with van der Waals surface area (Å²) < 4.78 is 11.2.